The minimum Gasteiger partial charge on any atom is -0.481 e. The van der Waals surface area contributed by atoms with Crippen LogP contribution < -0.4 is 10.6 Å². The predicted molar refractivity (Wildman–Crippen MR) is 71.4 cm³/mol. The number of aliphatic carboxylic acids is 1. The molecule has 1 atom stereocenters. The van der Waals surface area contributed by atoms with Gasteiger partial charge in [-0.25, -0.2) is 4.79 Å². The number of carbonyl (C=O) groups excluding carboxylic acids is 1. The second-order valence-corrected chi connectivity index (χ2v) is 4.35. The Morgan fingerprint density at radius 2 is 2.15 bits per heavy atom. The lowest BCUT2D eigenvalue weighted by Gasteiger charge is -2.08. The van der Waals surface area contributed by atoms with Gasteiger partial charge in [-0.1, -0.05) is 30.3 Å². The highest BCUT2D eigenvalue weighted by molar-refractivity contribution is 5.89. The van der Waals surface area contributed by atoms with Gasteiger partial charge in [-0.05, 0) is 6.42 Å². The van der Waals surface area contributed by atoms with Gasteiger partial charge >= 0.3 is 11.9 Å². The Morgan fingerprint density at radius 1 is 1.40 bits per heavy atom. The number of carbonyl (C=O) groups is 2. The van der Waals surface area contributed by atoms with Gasteiger partial charge in [0.25, 0.3) is 0 Å². The summed E-state index contributed by atoms with van der Waals surface area (Å²) in [6.45, 7) is 0.487. The second kappa shape index (κ2) is 6.60. The first kappa shape index (κ1) is 13.9. The van der Waals surface area contributed by atoms with E-state index in [-0.39, 0.29) is 6.42 Å². The summed E-state index contributed by atoms with van der Waals surface area (Å²) >= 11 is 0. The Kier molecular flexibility index (Phi) is 4.60. The van der Waals surface area contributed by atoms with Gasteiger partial charge in [-0.15, -0.1) is 0 Å². The van der Waals surface area contributed by atoms with Crippen molar-refractivity contribution >= 4 is 11.9 Å². The van der Waals surface area contributed by atoms with Crippen molar-refractivity contribution in [2.75, 3.05) is 6.54 Å². The van der Waals surface area contributed by atoms with Gasteiger partial charge in [0.05, 0.1) is 0 Å². The van der Waals surface area contributed by atoms with Crippen LogP contribution in [-0.2, 0) is 14.3 Å². The van der Waals surface area contributed by atoms with Crippen molar-refractivity contribution in [2.24, 2.45) is 0 Å². The van der Waals surface area contributed by atoms with Gasteiger partial charge in [0.1, 0.15) is 5.70 Å². The van der Waals surface area contributed by atoms with Crippen molar-refractivity contribution in [3.63, 3.8) is 0 Å². The summed E-state index contributed by atoms with van der Waals surface area (Å²) in [5.74, 6) is -1.26. The molecule has 2 rings (SSSR count). The van der Waals surface area contributed by atoms with Crippen LogP contribution in [0.25, 0.3) is 0 Å². The third kappa shape index (κ3) is 3.74. The van der Waals surface area contributed by atoms with E-state index < -0.39 is 18.2 Å². The van der Waals surface area contributed by atoms with Gasteiger partial charge in [-0.3, -0.25) is 4.79 Å². The summed E-state index contributed by atoms with van der Waals surface area (Å²) in [5.41, 5.74) is 1.21. The zero-order valence-corrected chi connectivity index (χ0v) is 10.8. The van der Waals surface area contributed by atoms with Crippen LogP contribution in [-0.4, -0.2) is 23.6 Å². The fraction of sp³-hybridized carbons (Fsp3) is 0.286. The summed E-state index contributed by atoms with van der Waals surface area (Å²) < 4.78 is 5.20. The maximum Gasteiger partial charge on any atom is 0.358 e. The van der Waals surface area contributed by atoms with E-state index in [0.717, 1.165) is 5.56 Å². The first-order valence-corrected chi connectivity index (χ1v) is 6.34. The molecule has 1 fully saturated rings. The maximum atomic E-state index is 11.6. The number of esters is 1. The van der Waals surface area contributed by atoms with Crippen molar-refractivity contribution in [1.82, 2.24) is 10.6 Å². The number of hydrogen-bond acceptors (Lipinski definition) is 5. The molecule has 1 saturated heterocycles. The highest BCUT2D eigenvalue weighted by Crippen LogP contribution is 2.22. The Balaban J connectivity index is 1.85. The van der Waals surface area contributed by atoms with Crippen molar-refractivity contribution in [3.8, 4) is 0 Å². The lowest BCUT2D eigenvalue weighted by Crippen LogP contribution is -2.17. The highest BCUT2D eigenvalue weighted by atomic mass is 16.6. The maximum absolute atomic E-state index is 11.6. The third-order valence-corrected chi connectivity index (χ3v) is 2.79. The summed E-state index contributed by atoms with van der Waals surface area (Å²) in [6.07, 6.45) is 1.64. The van der Waals surface area contributed by atoms with E-state index in [2.05, 4.69) is 10.6 Å². The zero-order chi connectivity index (χ0) is 14.4. The third-order valence-electron chi connectivity index (χ3n) is 2.79. The summed E-state index contributed by atoms with van der Waals surface area (Å²) in [4.78, 5) is 22.0. The van der Waals surface area contributed by atoms with Crippen molar-refractivity contribution in [3.05, 3.63) is 47.8 Å². The zero-order valence-electron chi connectivity index (χ0n) is 10.8. The highest BCUT2D eigenvalue weighted by Gasteiger charge is 2.28. The molecule has 0 aliphatic carbocycles. The van der Waals surface area contributed by atoms with E-state index in [1.54, 1.807) is 0 Å². The summed E-state index contributed by atoms with van der Waals surface area (Å²) in [6, 6.07) is 9.37. The summed E-state index contributed by atoms with van der Waals surface area (Å²) in [7, 11) is 0. The standard InChI is InChI=1S/C14H16N2O4/c17-12(18)7-4-8-15-9-11-14(19)20-13(16-11)10-5-2-1-3-6-10/h1-3,5-6,9,13,15-16H,4,7-8H2,(H,17,18)/b11-9-/t13-/m1/s1. The molecule has 3 N–H and O–H groups in total. The molecule has 0 bridgehead atoms. The Morgan fingerprint density at radius 3 is 2.85 bits per heavy atom. The number of carboxylic acids is 1. The lowest BCUT2D eigenvalue weighted by atomic mass is 10.2. The first-order valence-electron chi connectivity index (χ1n) is 6.34. The molecular formula is C14H16N2O4. The molecule has 0 radical (unpaired) electrons. The topological polar surface area (TPSA) is 87.7 Å². The number of benzene rings is 1. The molecule has 106 valence electrons. The molecule has 0 aromatic heterocycles. The molecule has 1 aromatic rings. The molecule has 6 nitrogen and oxygen atoms in total. The molecule has 1 heterocycles. The van der Waals surface area contributed by atoms with Crippen LogP contribution in [0.1, 0.15) is 24.6 Å². The fourth-order valence-corrected chi connectivity index (χ4v) is 1.80. The quantitative estimate of drug-likeness (QED) is 0.410. The van der Waals surface area contributed by atoms with Crippen molar-refractivity contribution in [1.29, 1.82) is 0 Å². The molecule has 1 aromatic carbocycles. The van der Waals surface area contributed by atoms with E-state index in [1.807, 2.05) is 30.3 Å². The monoisotopic (exact) mass is 276 g/mol. The number of ether oxygens (including phenoxy) is 1. The average molecular weight is 276 g/mol. The molecule has 0 spiro atoms. The van der Waals surface area contributed by atoms with Gasteiger partial charge in [0, 0.05) is 24.7 Å². The largest absolute Gasteiger partial charge is 0.481 e. The first-order chi connectivity index (χ1) is 9.66. The minimum absolute atomic E-state index is 0.0979. The predicted octanol–water partition coefficient (Wildman–Crippen LogP) is 1.13. The molecular weight excluding hydrogens is 260 g/mol. The molecule has 1 aliphatic heterocycles. The van der Waals surface area contributed by atoms with E-state index in [1.165, 1.54) is 6.20 Å². The average Bonchev–Trinajstić information content (AvgIpc) is 2.81. The molecule has 0 saturated carbocycles. The number of hydrogen-bond donors (Lipinski definition) is 3. The van der Waals surface area contributed by atoms with Crippen LogP contribution in [0.15, 0.2) is 42.2 Å². The van der Waals surface area contributed by atoms with Gasteiger partial charge in [-0.2, -0.15) is 0 Å². The Hall–Kier alpha value is -2.50. The molecule has 0 amide bonds. The molecule has 1 aliphatic rings. The molecule has 20 heavy (non-hydrogen) atoms. The van der Waals surface area contributed by atoms with E-state index in [4.69, 9.17) is 9.84 Å². The van der Waals surface area contributed by atoms with Crippen LogP contribution in [0.5, 0.6) is 0 Å². The number of cyclic esters (lactones) is 1. The van der Waals surface area contributed by atoms with Gasteiger partial charge in [0.15, 0.2) is 6.23 Å². The normalized spacial score (nSPS) is 19.5. The number of rotatable bonds is 6. The van der Waals surface area contributed by atoms with Crippen LogP contribution in [0, 0.1) is 0 Å². The van der Waals surface area contributed by atoms with Crippen LogP contribution in [0.2, 0.25) is 0 Å². The van der Waals surface area contributed by atoms with E-state index in [9.17, 15) is 9.59 Å². The Bertz CT molecular complexity index is 513. The van der Waals surface area contributed by atoms with Gasteiger partial charge < -0.3 is 20.5 Å². The van der Waals surface area contributed by atoms with Crippen molar-refractivity contribution < 1.29 is 19.4 Å². The van der Waals surface area contributed by atoms with Crippen LogP contribution in [0.3, 0.4) is 0 Å². The number of nitrogens with one attached hydrogen (secondary N) is 2. The smallest absolute Gasteiger partial charge is 0.358 e. The molecule has 6 heteroatoms. The SMILES string of the molecule is O=C(O)CCCN/C=C1\N[C@@H](c2ccccc2)OC1=O. The van der Waals surface area contributed by atoms with Gasteiger partial charge in [0.2, 0.25) is 0 Å². The van der Waals surface area contributed by atoms with E-state index >= 15 is 0 Å². The second-order valence-electron chi connectivity index (χ2n) is 4.35. The van der Waals surface area contributed by atoms with E-state index in [0.29, 0.717) is 18.7 Å². The number of carboxylic acid groups (broad SMARTS) is 1. The summed E-state index contributed by atoms with van der Waals surface area (Å²) in [5, 5.41) is 14.4. The fourth-order valence-electron chi connectivity index (χ4n) is 1.80. The molecule has 0 unspecified atom stereocenters. The van der Waals surface area contributed by atoms with Crippen LogP contribution in [0.4, 0.5) is 0 Å². The Labute approximate surface area is 116 Å². The van der Waals surface area contributed by atoms with Crippen molar-refractivity contribution in [2.45, 2.75) is 19.1 Å². The minimum atomic E-state index is -0.831. The van der Waals surface area contributed by atoms with Crippen LogP contribution >= 0.6 is 0 Å². The lowest BCUT2D eigenvalue weighted by molar-refractivity contribution is -0.139.